The zero-order valence-corrected chi connectivity index (χ0v) is 18.5. The third kappa shape index (κ3) is 6.09. The highest BCUT2D eigenvalue weighted by Gasteiger charge is 2.18. The van der Waals surface area contributed by atoms with Crippen molar-refractivity contribution in [1.82, 2.24) is 5.01 Å². The lowest BCUT2D eigenvalue weighted by atomic mass is 10.1. The van der Waals surface area contributed by atoms with Gasteiger partial charge in [-0.2, -0.15) is 0 Å². The molecule has 0 fully saturated rings. The molecular formula is C22H22N6O5S. The number of nitrogens with one attached hydrogen (secondary N) is 3. The molecule has 3 aromatic carbocycles. The fraction of sp³-hybridized carbons (Fsp3) is 0.0455. The standard InChI is InChI=1S/C22H22N6O5S/c23-21(24)15-4-3-5-17(12-15)27-28(13-20(29)30)22(31)26-16-10-8-14(9-11-16)18-6-1-2-7-19(18)34(25,32)33/h1-12,27H,13H2,(H3,23,24)(H,26,31)(H,29,30)(H2,25,32,33). The summed E-state index contributed by atoms with van der Waals surface area (Å²) >= 11 is 0. The molecule has 12 heteroatoms. The normalized spacial score (nSPS) is 10.9. The van der Waals surface area contributed by atoms with Crippen LogP contribution in [-0.2, 0) is 14.8 Å². The summed E-state index contributed by atoms with van der Waals surface area (Å²) in [7, 11) is -3.93. The third-order valence-corrected chi connectivity index (χ3v) is 5.59. The number of hydrogen-bond donors (Lipinski definition) is 6. The molecule has 34 heavy (non-hydrogen) atoms. The average molecular weight is 483 g/mol. The summed E-state index contributed by atoms with van der Waals surface area (Å²) in [6, 6.07) is 18.1. The maximum absolute atomic E-state index is 12.7. The molecule has 11 nitrogen and oxygen atoms in total. The molecule has 0 aliphatic heterocycles. The van der Waals surface area contributed by atoms with Crippen LogP contribution in [0.4, 0.5) is 16.2 Å². The van der Waals surface area contributed by atoms with E-state index < -0.39 is 28.6 Å². The van der Waals surface area contributed by atoms with Gasteiger partial charge in [-0.25, -0.2) is 23.4 Å². The summed E-state index contributed by atoms with van der Waals surface area (Å²) < 4.78 is 23.7. The van der Waals surface area contributed by atoms with Crippen molar-refractivity contribution in [3.63, 3.8) is 0 Å². The number of amides is 2. The smallest absolute Gasteiger partial charge is 0.341 e. The van der Waals surface area contributed by atoms with Gasteiger partial charge in [0.15, 0.2) is 0 Å². The van der Waals surface area contributed by atoms with Crippen molar-refractivity contribution in [2.24, 2.45) is 10.9 Å². The van der Waals surface area contributed by atoms with E-state index in [4.69, 9.17) is 16.3 Å². The van der Waals surface area contributed by atoms with Crippen LogP contribution in [0, 0.1) is 5.41 Å². The highest BCUT2D eigenvalue weighted by molar-refractivity contribution is 7.89. The number of hydrogen-bond acceptors (Lipinski definition) is 6. The van der Waals surface area contributed by atoms with Crippen LogP contribution in [-0.4, -0.2) is 42.9 Å². The number of nitrogen functional groups attached to an aromatic ring is 1. The van der Waals surface area contributed by atoms with Crippen LogP contribution in [0.15, 0.2) is 77.7 Å². The van der Waals surface area contributed by atoms with Crippen LogP contribution in [0.3, 0.4) is 0 Å². The molecule has 0 saturated heterocycles. The number of rotatable bonds is 8. The second-order valence-corrected chi connectivity index (χ2v) is 8.66. The number of benzene rings is 3. The lowest BCUT2D eigenvalue weighted by Gasteiger charge is -2.23. The molecule has 0 bridgehead atoms. The van der Waals surface area contributed by atoms with Gasteiger partial charge in [0.25, 0.3) is 0 Å². The molecule has 0 aliphatic carbocycles. The molecule has 3 rings (SSSR count). The highest BCUT2D eigenvalue weighted by atomic mass is 32.2. The van der Waals surface area contributed by atoms with Crippen LogP contribution < -0.4 is 21.6 Å². The van der Waals surface area contributed by atoms with Crippen molar-refractivity contribution >= 4 is 39.2 Å². The predicted molar refractivity (Wildman–Crippen MR) is 128 cm³/mol. The average Bonchev–Trinajstić information content (AvgIpc) is 2.78. The summed E-state index contributed by atoms with van der Waals surface area (Å²) in [5, 5.41) is 25.4. The van der Waals surface area contributed by atoms with Gasteiger partial charge in [0.05, 0.1) is 10.6 Å². The number of hydrazine groups is 1. The Morgan fingerprint density at radius 1 is 0.971 bits per heavy atom. The number of carbonyl (C=O) groups excluding carboxylic acids is 1. The van der Waals surface area contributed by atoms with E-state index >= 15 is 0 Å². The van der Waals surface area contributed by atoms with Crippen LogP contribution in [0.5, 0.6) is 0 Å². The lowest BCUT2D eigenvalue weighted by molar-refractivity contribution is -0.137. The first-order chi connectivity index (χ1) is 16.0. The maximum atomic E-state index is 12.7. The quantitative estimate of drug-likeness (QED) is 0.161. The minimum atomic E-state index is -3.93. The first-order valence-corrected chi connectivity index (χ1v) is 11.3. The predicted octanol–water partition coefficient (Wildman–Crippen LogP) is 2.23. The number of urea groups is 1. The van der Waals surface area contributed by atoms with E-state index in [0.29, 0.717) is 28.1 Å². The Balaban J connectivity index is 1.79. The minimum absolute atomic E-state index is 0.0311. The van der Waals surface area contributed by atoms with Crippen molar-refractivity contribution in [1.29, 1.82) is 5.41 Å². The van der Waals surface area contributed by atoms with Crippen molar-refractivity contribution in [2.75, 3.05) is 17.3 Å². The molecule has 0 aliphatic rings. The molecule has 0 spiro atoms. The largest absolute Gasteiger partial charge is 0.480 e. The van der Waals surface area contributed by atoms with Crippen LogP contribution in [0.1, 0.15) is 5.56 Å². The second kappa shape index (κ2) is 10.0. The van der Waals surface area contributed by atoms with E-state index in [1.54, 1.807) is 60.7 Å². The summed E-state index contributed by atoms with van der Waals surface area (Å²) in [6.07, 6.45) is 0. The number of amidine groups is 1. The Kier molecular flexibility index (Phi) is 7.14. The highest BCUT2D eigenvalue weighted by Crippen LogP contribution is 2.27. The van der Waals surface area contributed by atoms with Crippen molar-refractivity contribution in [3.05, 3.63) is 78.4 Å². The molecule has 0 saturated carbocycles. The van der Waals surface area contributed by atoms with Gasteiger partial charge in [-0.15, -0.1) is 0 Å². The molecule has 0 unspecified atom stereocenters. The van der Waals surface area contributed by atoms with Gasteiger partial charge < -0.3 is 16.2 Å². The number of carboxylic acid groups (broad SMARTS) is 1. The molecule has 0 heterocycles. The summed E-state index contributed by atoms with van der Waals surface area (Å²) in [6.45, 7) is -0.657. The topological polar surface area (TPSA) is 192 Å². The maximum Gasteiger partial charge on any atom is 0.341 e. The summed E-state index contributed by atoms with van der Waals surface area (Å²) in [5.74, 6) is -1.43. The Morgan fingerprint density at radius 2 is 1.65 bits per heavy atom. The monoisotopic (exact) mass is 482 g/mol. The summed E-state index contributed by atoms with van der Waals surface area (Å²) in [4.78, 5) is 24.0. The number of sulfonamides is 1. The Morgan fingerprint density at radius 3 is 2.26 bits per heavy atom. The number of primary sulfonamides is 1. The molecule has 2 amide bonds. The van der Waals surface area contributed by atoms with Gasteiger partial charge >= 0.3 is 12.0 Å². The second-order valence-electron chi connectivity index (χ2n) is 7.13. The molecule has 176 valence electrons. The molecule has 8 N–H and O–H groups in total. The number of anilines is 2. The molecule has 3 aromatic rings. The van der Waals surface area contributed by atoms with Crippen LogP contribution in [0.25, 0.3) is 11.1 Å². The SMILES string of the molecule is N=C(N)c1cccc(NN(CC(=O)O)C(=O)Nc2ccc(-c3ccccc3S(N)(=O)=O)cc2)c1. The number of carboxylic acids is 1. The van der Waals surface area contributed by atoms with Gasteiger partial charge in [-0.3, -0.25) is 15.6 Å². The first-order valence-electron chi connectivity index (χ1n) is 9.78. The van der Waals surface area contributed by atoms with Crippen molar-refractivity contribution < 1.29 is 23.1 Å². The minimum Gasteiger partial charge on any atom is -0.480 e. The van der Waals surface area contributed by atoms with Gasteiger partial charge in [-0.1, -0.05) is 42.5 Å². The molecular weight excluding hydrogens is 460 g/mol. The van der Waals surface area contributed by atoms with E-state index in [9.17, 15) is 23.1 Å². The van der Waals surface area contributed by atoms with Crippen molar-refractivity contribution in [3.8, 4) is 11.1 Å². The van der Waals surface area contributed by atoms with Gasteiger partial charge in [0.1, 0.15) is 12.4 Å². The van der Waals surface area contributed by atoms with Gasteiger partial charge in [0, 0.05) is 16.8 Å². The zero-order valence-electron chi connectivity index (χ0n) is 17.7. The number of aliphatic carboxylic acids is 1. The van der Waals surface area contributed by atoms with E-state index in [0.717, 1.165) is 5.01 Å². The van der Waals surface area contributed by atoms with E-state index in [1.165, 1.54) is 12.1 Å². The van der Waals surface area contributed by atoms with Crippen molar-refractivity contribution in [2.45, 2.75) is 4.90 Å². The summed E-state index contributed by atoms with van der Waals surface area (Å²) in [5.41, 5.74) is 10.2. The third-order valence-electron chi connectivity index (χ3n) is 4.62. The fourth-order valence-electron chi connectivity index (χ4n) is 3.09. The lowest BCUT2D eigenvalue weighted by Crippen LogP contribution is -2.42. The van der Waals surface area contributed by atoms with Crippen LogP contribution >= 0.6 is 0 Å². The fourth-order valence-corrected chi connectivity index (χ4v) is 3.85. The van der Waals surface area contributed by atoms with Gasteiger partial charge in [-0.05, 0) is 35.9 Å². The van der Waals surface area contributed by atoms with Crippen LogP contribution in [0.2, 0.25) is 0 Å². The Labute approximate surface area is 195 Å². The molecule has 0 aromatic heterocycles. The number of nitrogens with zero attached hydrogens (tertiary/aromatic N) is 1. The number of carbonyl (C=O) groups is 2. The van der Waals surface area contributed by atoms with E-state index in [-0.39, 0.29) is 10.7 Å². The Bertz CT molecular complexity index is 1340. The Hall–Kier alpha value is -4.42. The molecule has 0 radical (unpaired) electrons. The van der Waals surface area contributed by atoms with E-state index in [1.807, 2.05) is 0 Å². The van der Waals surface area contributed by atoms with E-state index in [2.05, 4.69) is 10.7 Å². The molecule has 0 atom stereocenters. The van der Waals surface area contributed by atoms with Gasteiger partial charge in [0.2, 0.25) is 10.0 Å². The zero-order chi connectivity index (χ0) is 24.9. The first kappa shape index (κ1) is 24.2. The number of nitrogens with two attached hydrogens (primary N) is 2.